The van der Waals surface area contributed by atoms with E-state index >= 15 is 0 Å². The van der Waals surface area contributed by atoms with Gasteiger partial charge in [0.2, 0.25) is 0 Å². The minimum absolute atomic E-state index is 0.0142. The Balaban J connectivity index is 1.43. The molecule has 42 heavy (non-hydrogen) atoms. The van der Waals surface area contributed by atoms with Crippen LogP contribution in [0.1, 0.15) is 43.0 Å². The number of hydrogen-bond acceptors (Lipinski definition) is 9. The zero-order valence-electron chi connectivity index (χ0n) is 25.1. The Labute approximate surface area is 256 Å². The molecule has 9 nitrogen and oxygen atoms in total. The third kappa shape index (κ3) is 3.41. The summed E-state index contributed by atoms with van der Waals surface area (Å²) in [6.07, 6.45) is 0.414. The van der Waals surface area contributed by atoms with E-state index in [2.05, 4.69) is 27.8 Å². The van der Waals surface area contributed by atoms with Crippen molar-refractivity contribution in [3.8, 4) is 0 Å². The molecule has 7 bridgehead atoms. The molecule has 1 aromatic rings. The Morgan fingerprint density at radius 2 is 1.71 bits per heavy atom. The summed E-state index contributed by atoms with van der Waals surface area (Å²) in [5.74, 6) is -1.42. The Morgan fingerprint density at radius 3 is 2.33 bits per heavy atom. The fourth-order valence-corrected chi connectivity index (χ4v) is 12.1. The summed E-state index contributed by atoms with van der Waals surface area (Å²) >= 11 is 3.43. The van der Waals surface area contributed by atoms with E-state index in [1.54, 1.807) is 52.7 Å². The molecule has 1 saturated heterocycles. The van der Waals surface area contributed by atoms with Crippen LogP contribution in [0.2, 0.25) is 0 Å². The van der Waals surface area contributed by atoms with Crippen molar-refractivity contribution in [2.45, 2.75) is 74.3 Å². The van der Waals surface area contributed by atoms with Crippen molar-refractivity contribution in [1.29, 1.82) is 0 Å². The second kappa shape index (κ2) is 9.94. The lowest BCUT2D eigenvalue weighted by Gasteiger charge is -2.69. The first kappa shape index (κ1) is 29.6. The number of methoxy groups -OCH3 is 4. The molecule has 6 aliphatic rings. The van der Waals surface area contributed by atoms with Crippen LogP contribution in [-0.2, 0) is 23.7 Å². The van der Waals surface area contributed by atoms with Crippen LogP contribution in [-0.4, -0.2) is 111 Å². The Bertz CT molecular complexity index is 1230. The quantitative estimate of drug-likeness (QED) is 0.411. The van der Waals surface area contributed by atoms with E-state index < -0.39 is 40.7 Å². The number of nitrogens with zero attached hydrogens (tertiary/aromatic N) is 1. The van der Waals surface area contributed by atoms with Gasteiger partial charge >= 0.3 is 5.97 Å². The SMILES string of the molecule is CCN1C[C@]2(COC)CC[C@H](OC)[C@@]34[C@@H]5C[C@@]6(O)[C@@H](OC)C[C@@](O)([C@H]5[C@H]6OC(=O)c5ccc(Br)cc5)[C@@H]([C@H](OC)[C@H]23)[C@@H]14. The third-order valence-electron chi connectivity index (χ3n) is 12.8. The monoisotopic (exact) mass is 649 g/mol. The van der Waals surface area contributed by atoms with Gasteiger partial charge in [-0.3, -0.25) is 4.90 Å². The van der Waals surface area contributed by atoms with Crippen molar-refractivity contribution in [1.82, 2.24) is 4.90 Å². The molecule has 6 fully saturated rings. The van der Waals surface area contributed by atoms with Gasteiger partial charge in [-0.15, -0.1) is 0 Å². The lowest BCUT2D eigenvalue weighted by molar-refractivity contribution is -0.283. The molecule has 1 heterocycles. The third-order valence-corrected chi connectivity index (χ3v) is 13.3. The number of carbonyl (C=O) groups is 1. The van der Waals surface area contributed by atoms with Gasteiger partial charge < -0.3 is 33.9 Å². The number of esters is 1. The van der Waals surface area contributed by atoms with Crippen molar-refractivity contribution >= 4 is 21.9 Å². The van der Waals surface area contributed by atoms with Crippen LogP contribution in [0.15, 0.2) is 28.7 Å². The average Bonchev–Trinajstić information content (AvgIpc) is 3.36. The summed E-state index contributed by atoms with van der Waals surface area (Å²) in [6.45, 7) is 4.47. The first-order chi connectivity index (χ1) is 20.1. The number of piperidine rings is 1. The summed E-state index contributed by atoms with van der Waals surface area (Å²) in [4.78, 5) is 16.2. The van der Waals surface area contributed by atoms with Crippen LogP contribution >= 0.6 is 15.9 Å². The molecule has 13 atom stereocenters. The number of hydrogen-bond donors (Lipinski definition) is 2. The van der Waals surface area contributed by atoms with Crippen molar-refractivity contribution in [3.63, 3.8) is 0 Å². The largest absolute Gasteiger partial charge is 0.455 e. The van der Waals surface area contributed by atoms with Gasteiger partial charge in [0.15, 0.2) is 0 Å². The first-order valence-corrected chi connectivity index (χ1v) is 16.1. The van der Waals surface area contributed by atoms with E-state index in [0.717, 1.165) is 30.4 Å². The van der Waals surface area contributed by atoms with Crippen LogP contribution in [0.4, 0.5) is 0 Å². The van der Waals surface area contributed by atoms with Crippen molar-refractivity contribution in [2.24, 2.45) is 34.5 Å². The van der Waals surface area contributed by atoms with Gasteiger partial charge in [0.1, 0.15) is 11.7 Å². The highest BCUT2D eigenvalue weighted by Crippen LogP contribution is 2.80. The predicted molar refractivity (Wildman–Crippen MR) is 156 cm³/mol. The Kier molecular flexibility index (Phi) is 7.01. The van der Waals surface area contributed by atoms with Crippen molar-refractivity contribution in [3.05, 3.63) is 34.3 Å². The summed E-state index contributed by atoms with van der Waals surface area (Å²) in [7, 11) is 6.91. The summed E-state index contributed by atoms with van der Waals surface area (Å²) < 4.78 is 32.0. The number of likely N-dealkylation sites (tertiary alicyclic amines) is 1. The number of ether oxygens (including phenoxy) is 5. The molecule has 5 aliphatic carbocycles. The van der Waals surface area contributed by atoms with E-state index in [4.69, 9.17) is 23.7 Å². The maximum Gasteiger partial charge on any atom is 0.338 e. The van der Waals surface area contributed by atoms with Crippen LogP contribution in [0.3, 0.4) is 0 Å². The second-order valence-corrected chi connectivity index (χ2v) is 14.8. The van der Waals surface area contributed by atoms with E-state index in [1.165, 1.54) is 0 Å². The fraction of sp³-hybridized carbons (Fsp3) is 0.781. The molecule has 0 amide bonds. The topological polar surface area (TPSA) is 107 Å². The minimum atomic E-state index is -1.45. The first-order valence-electron chi connectivity index (χ1n) is 15.3. The lowest BCUT2D eigenvalue weighted by atomic mass is 9.43. The molecule has 1 aromatic carbocycles. The summed E-state index contributed by atoms with van der Waals surface area (Å²) in [6, 6.07) is 6.99. The maximum atomic E-state index is 13.6. The highest BCUT2D eigenvalue weighted by Gasteiger charge is 2.88. The second-order valence-electron chi connectivity index (χ2n) is 13.9. The van der Waals surface area contributed by atoms with E-state index in [1.807, 2.05) is 0 Å². The molecule has 0 aromatic heterocycles. The van der Waals surface area contributed by atoms with E-state index in [0.29, 0.717) is 18.6 Å². The number of halogens is 1. The number of rotatable bonds is 8. The predicted octanol–water partition coefficient (Wildman–Crippen LogP) is 2.90. The smallest absolute Gasteiger partial charge is 0.338 e. The Hall–Kier alpha value is -1.11. The number of fused-ring (bicyclic) bond motifs is 2. The molecular weight excluding hydrogens is 606 g/mol. The number of benzene rings is 1. The van der Waals surface area contributed by atoms with Crippen molar-refractivity contribution in [2.75, 3.05) is 48.1 Å². The highest BCUT2D eigenvalue weighted by molar-refractivity contribution is 9.10. The van der Waals surface area contributed by atoms with Gasteiger partial charge in [-0.25, -0.2) is 4.79 Å². The normalized spacial score (nSPS) is 50.1. The fourth-order valence-electron chi connectivity index (χ4n) is 11.9. The molecular formula is C32H44BrNO8. The molecule has 10 heteroatoms. The van der Waals surface area contributed by atoms with Gasteiger partial charge in [-0.05, 0) is 56.0 Å². The van der Waals surface area contributed by atoms with Crippen LogP contribution in [0.25, 0.3) is 0 Å². The van der Waals surface area contributed by atoms with Gasteiger partial charge in [0.05, 0.1) is 36.1 Å². The van der Waals surface area contributed by atoms with Gasteiger partial charge in [0, 0.05) is 80.5 Å². The summed E-state index contributed by atoms with van der Waals surface area (Å²) in [5, 5.41) is 25.7. The van der Waals surface area contributed by atoms with Gasteiger partial charge in [-0.2, -0.15) is 0 Å². The highest BCUT2D eigenvalue weighted by atomic mass is 79.9. The zero-order valence-corrected chi connectivity index (χ0v) is 26.7. The van der Waals surface area contributed by atoms with E-state index in [-0.39, 0.29) is 47.8 Å². The molecule has 1 spiro atoms. The van der Waals surface area contributed by atoms with Crippen molar-refractivity contribution < 1.29 is 38.7 Å². The van der Waals surface area contributed by atoms with Gasteiger partial charge in [-0.1, -0.05) is 22.9 Å². The molecule has 5 saturated carbocycles. The summed E-state index contributed by atoms with van der Waals surface area (Å²) in [5.41, 5.74) is -2.96. The van der Waals surface area contributed by atoms with Crippen LogP contribution in [0, 0.1) is 34.5 Å². The minimum Gasteiger partial charge on any atom is -0.455 e. The Morgan fingerprint density at radius 1 is 1.00 bits per heavy atom. The standard InChI is InChI=1S/C32H44BrNO8/c1-6-34-15-29(16-38-2)12-11-20(39-3)32-19-13-30(36)21(40-4)14-31(37,23(26(32)34)24(41-5)25(29)32)22(19)27(30)42-28(35)17-7-9-18(33)10-8-17/h7-10,19-27,36-37H,6,11-16H2,1-5H3/t19-,20+,21+,22-,23+,24+,25-,26-,27-,29+,30-,31-,32+/m1/s1. The van der Waals surface area contributed by atoms with Crippen LogP contribution in [0.5, 0.6) is 0 Å². The number of carbonyl (C=O) groups excluding carboxylic acids is 1. The number of aliphatic hydroxyl groups is 2. The molecule has 0 unspecified atom stereocenters. The van der Waals surface area contributed by atoms with Gasteiger partial charge in [0.25, 0.3) is 0 Å². The molecule has 7 rings (SSSR count). The molecule has 1 aliphatic heterocycles. The maximum absolute atomic E-state index is 13.6. The average molecular weight is 651 g/mol. The molecule has 232 valence electrons. The van der Waals surface area contributed by atoms with E-state index in [9.17, 15) is 15.0 Å². The zero-order chi connectivity index (χ0) is 29.8. The van der Waals surface area contributed by atoms with Crippen LogP contribution < -0.4 is 0 Å². The molecule has 0 radical (unpaired) electrons. The molecule has 2 N–H and O–H groups in total. The lowest BCUT2D eigenvalue weighted by Crippen LogP contribution is -2.77.